The van der Waals surface area contributed by atoms with Crippen LogP contribution < -0.4 is 5.73 Å². The number of rotatable bonds is 4. The average molecular weight is 348 g/mol. The van der Waals surface area contributed by atoms with E-state index in [0.29, 0.717) is 18.7 Å². The van der Waals surface area contributed by atoms with Crippen LogP contribution in [0.3, 0.4) is 0 Å². The van der Waals surface area contributed by atoms with E-state index in [1.807, 2.05) is 17.8 Å². The molecule has 1 aromatic carbocycles. The van der Waals surface area contributed by atoms with Crippen LogP contribution in [0.5, 0.6) is 0 Å². The van der Waals surface area contributed by atoms with Crippen LogP contribution in [0.4, 0.5) is 0 Å². The van der Waals surface area contributed by atoms with Gasteiger partial charge in [0.25, 0.3) is 0 Å². The van der Waals surface area contributed by atoms with Gasteiger partial charge in [-0.25, -0.2) is 13.4 Å². The molecule has 2 heterocycles. The fraction of sp³-hybridized carbons (Fsp3) is 0.375. The molecule has 2 N–H and O–H groups in total. The number of benzene rings is 1. The molecule has 0 radical (unpaired) electrons. The van der Waals surface area contributed by atoms with Gasteiger partial charge in [0.2, 0.25) is 15.9 Å². The molecule has 1 fully saturated rings. The first-order chi connectivity index (χ1) is 11.3. The monoisotopic (exact) mass is 348 g/mol. The summed E-state index contributed by atoms with van der Waals surface area (Å²) in [5.74, 6) is 0.317. The van der Waals surface area contributed by atoms with E-state index < -0.39 is 15.9 Å². The lowest BCUT2D eigenvalue weighted by Crippen LogP contribution is -2.29. The third kappa shape index (κ3) is 2.94. The molecule has 1 aliphatic heterocycles. The number of nitrogens with zero attached hydrogens (tertiary/aromatic N) is 3. The van der Waals surface area contributed by atoms with Crippen molar-refractivity contribution in [1.82, 2.24) is 13.9 Å². The van der Waals surface area contributed by atoms with Crippen LogP contribution in [-0.4, -0.2) is 41.3 Å². The predicted molar refractivity (Wildman–Crippen MR) is 89.0 cm³/mol. The quantitative estimate of drug-likeness (QED) is 0.891. The minimum Gasteiger partial charge on any atom is -0.366 e. The van der Waals surface area contributed by atoms with Gasteiger partial charge in [-0.15, -0.1) is 0 Å². The van der Waals surface area contributed by atoms with Crippen molar-refractivity contribution in [1.29, 1.82) is 0 Å². The van der Waals surface area contributed by atoms with Crippen LogP contribution in [0.1, 0.15) is 34.1 Å². The first-order valence-corrected chi connectivity index (χ1v) is 9.12. The molecule has 0 spiro atoms. The maximum atomic E-state index is 12.9. The van der Waals surface area contributed by atoms with E-state index in [9.17, 15) is 13.2 Å². The Bertz CT molecular complexity index is 888. The number of hydrogen-bond acceptors (Lipinski definition) is 4. The highest BCUT2D eigenvalue weighted by atomic mass is 32.2. The molecule has 1 amide bonds. The van der Waals surface area contributed by atoms with Gasteiger partial charge in [-0.3, -0.25) is 4.79 Å². The Kier molecular flexibility index (Phi) is 4.18. The highest BCUT2D eigenvalue weighted by molar-refractivity contribution is 7.89. The Morgan fingerprint density at radius 1 is 1.33 bits per heavy atom. The lowest BCUT2D eigenvalue weighted by Gasteiger charge is -2.17. The summed E-state index contributed by atoms with van der Waals surface area (Å²) in [6.45, 7) is 2.55. The minimum absolute atomic E-state index is 0.0696. The van der Waals surface area contributed by atoms with Crippen molar-refractivity contribution >= 4 is 15.9 Å². The van der Waals surface area contributed by atoms with Crippen molar-refractivity contribution in [2.24, 2.45) is 12.8 Å². The molecule has 0 saturated carbocycles. The Hall–Kier alpha value is -2.19. The number of amides is 1. The molecule has 128 valence electrons. The molecule has 24 heavy (non-hydrogen) atoms. The molecule has 0 bridgehead atoms. The second-order valence-corrected chi connectivity index (χ2v) is 8.08. The molecule has 1 saturated heterocycles. The van der Waals surface area contributed by atoms with Crippen LogP contribution >= 0.6 is 0 Å². The number of carbonyl (C=O) groups excluding carboxylic acids is 1. The van der Waals surface area contributed by atoms with Gasteiger partial charge in [-0.1, -0.05) is 0 Å². The summed E-state index contributed by atoms with van der Waals surface area (Å²) in [6, 6.07) is 4.50. The van der Waals surface area contributed by atoms with Crippen molar-refractivity contribution in [3.63, 3.8) is 0 Å². The summed E-state index contributed by atoms with van der Waals surface area (Å²) in [5.41, 5.74) is 6.18. The maximum absolute atomic E-state index is 12.9. The van der Waals surface area contributed by atoms with E-state index in [1.54, 1.807) is 25.3 Å². The highest BCUT2D eigenvalue weighted by Gasteiger charge is 2.35. The van der Waals surface area contributed by atoms with Crippen LogP contribution in [-0.2, 0) is 17.1 Å². The standard InChI is InChI=1S/C16H20N4O3S/c1-11-7-13(15(17)21)9-14(8-11)24(22,23)20-5-3-12(10-20)16-18-4-6-19(16)2/h4,6-9,12H,3,5,10H2,1-2H3,(H2,17,21). The number of hydrogen-bond donors (Lipinski definition) is 1. The highest BCUT2D eigenvalue weighted by Crippen LogP contribution is 2.30. The number of primary amides is 1. The Morgan fingerprint density at radius 3 is 2.71 bits per heavy atom. The van der Waals surface area contributed by atoms with Gasteiger partial charge in [-0.05, 0) is 37.1 Å². The lowest BCUT2D eigenvalue weighted by atomic mass is 10.1. The Morgan fingerprint density at radius 2 is 2.08 bits per heavy atom. The smallest absolute Gasteiger partial charge is 0.248 e. The van der Waals surface area contributed by atoms with E-state index in [2.05, 4.69) is 4.98 Å². The predicted octanol–water partition coefficient (Wildman–Crippen LogP) is 1.01. The Balaban J connectivity index is 1.89. The summed E-state index contributed by atoms with van der Waals surface area (Å²) in [6.07, 6.45) is 4.29. The molecular weight excluding hydrogens is 328 g/mol. The summed E-state index contributed by atoms with van der Waals surface area (Å²) >= 11 is 0. The molecule has 1 atom stereocenters. The van der Waals surface area contributed by atoms with Crippen LogP contribution in [0.15, 0.2) is 35.5 Å². The van der Waals surface area contributed by atoms with Crippen LogP contribution in [0, 0.1) is 6.92 Å². The zero-order valence-corrected chi connectivity index (χ0v) is 14.5. The van der Waals surface area contributed by atoms with Crippen molar-refractivity contribution in [2.75, 3.05) is 13.1 Å². The zero-order valence-electron chi connectivity index (χ0n) is 13.6. The molecule has 1 aliphatic rings. The van der Waals surface area contributed by atoms with E-state index in [1.165, 1.54) is 10.4 Å². The number of aromatic nitrogens is 2. The van der Waals surface area contributed by atoms with Gasteiger partial charge < -0.3 is 10.3 Å². The van der Waals surface area contributed by atoms with Gasteiger partial charge >= 0.3 is 0 Å². The first-order valence-electron chi connectivity index (χ1n) is 7.68. The molecule has 2 aromatic rings. The van der Waals surface area contributed by atoms with E-state index >= 15 is 0 Å². The van der Waals surface area contributed by atoms with E-state index in [0.717, 1.165) is 12.2 Å². The lowest BCUT2D eigenvalue weighted by molar-refractivity contribution is 0.1000. The number of imidazole rings is 1. The van der Waals surface area contributed by atoms with Gasteiger partial charge in [0, 0.05) is 44.0 Å². The molecule has 3 rings (SSSR count). The van der Waals surface area contributed by atoms with Crippen molar-refractivity contribution < 1.29 is 13.2 Å². The zero-order chi connectivity index (χ0) is 17.5. The summed E-state index contributed by atoms with van der Waals surface area (Å²) in [5, 5.41) is 0. The van der Waals surface area contributed by atoms with Crippen molar-refractivity contribution in [3.05, 3.63) is 47.5 Å². The summed E-state index contributed by atoms with van der Waals surface area (Å²) in [4.78, 5) is 15.8. The molecule has 7 nitrogen and oxygen atoms in total. The van der Waals surface area contributed by atoms with Crippen LogP contribution in [0.25, 0.3) is 0 Å². The number of sulfonamides is 1. The maximum Gasteiger partial charge on any atom is 0.248 e. The summed E-state index contributed by atoms with van der Waals surface area (Å²) in [7, 11) is -1.76. The van der Waals surface area contributed by atoms with Crippen molar-refractivity contribution in [2.45, 2.75) is 24.2 Å². The van der Waals surface area contributed by atoms with Crippen molar-refractivity contribution in [3.8, 4) is 0 Å². The molecule has 8 heteroatoms. The number of nitrogens with two attached hydrogens (primary N) is 1. The number of aryl methyl sites for hydroxylation is 2. The van der Waals surface area contributed by atoms with E-state index in [4.69, 9.17) is 5.73 Å². The molecular formula is C16H20N4O3S. The average Bonchev–Trinajstić information content (AvgIpc) is 3.15. The second-order valence-electron chi connectivity index (χ2n) is 6.14. The molecule has 1 unspecified atom stereocenters. The number of carbonyl (C=O) groups is 1. The topological polar surface area (TPSA) is 98.3 Å². The minimum atomic E-state index is -3.67. The van der Waals surface area contributed by atoms with E-state index in [-0.39, 0.29) is 16.4 Å². The molecule has 0 aliphatic carbocycles. The molecule has 1 aromatic heterocycles. The van der Waals surface area contributed by atoms with Crippen LogP contribution in [0.2, 0.25) is 0 Å². The van der Waals surface area contributed by atoms with Gasteiger partial charge in [0.1, 0.15) is 5.82 Å². The second kappa shape index (κ2) is 6.03. The fourth-order valence-corrected chi connectivity index (χ4v) is 4.75. The first kappa shape index (κ1) is 16.7. The summed E-state index contributed by atoms with van der Waals surface area (Å²) < 4.78 is 29.2. The normalized spacial score (nSPS) is 18.8. The third-order valence-corrected chi connectivity index (χ3v) is 6.19. The third-order valence-electron chi connectivity index (χ3n) is 4.35. The fourth-order valence-electron chi connectivity index (χ4n) is 3.12. The largest absolute Gasteiger partial charge is 0.366 e. The SMILES string of the molecule is Cc1cc(C(N)=O)cc(S(=O)(=O)N2CCC(c3nccn3C)C2)c1. The van der Waals surface area contributed by atoms with Gasteiger partial charge in [0.05, 0.1) is 4.90 Å². The Labute approximate surface area is 141 Å². The van der Waals surface area contributed by atoms with Gasteiger partial charge in [0.15, 0.2) is 0 Å². The van der Waals surface area contributed by atoms with Gasteiger partial charge in [-0.2, -0.15) is 4.31 Å².